The maximum atomic E-state index is 12.3. The van der Waals surface area contributed by atoms with Crippen LogP contribution in [0.1, 0.15) is 67.3 Å². The lowest BCUT2D eigenvalue weighted by molar-refractivity contribution is 0.0958. The second-order valence-electron chi connectivity index (χ2n) is 5.69. The van der Waals surface area contributed by atoms with E-state index < -0.39 is 12.5 Å². The van der Waals surface area contributed by atoms with E-state index in [1.807, 2.05) is 12.1 Å². The zero-order valence-electron chi connectivity index (χ0n) is 11.7. The quantitative estimate of drug-likeness (QED) is 0.689. The highest BCUT2D eigenvalue weighted by Crippen LogP contribution is 2.37. The molecule has 0 unspecified atom stereocenters. The molecule has 19 heavy (non-hydrogen) atoms. The lowest BCUT2D eigenvalue weighted by Crippen LogP contribution is -2.13. The Morgan fingerprint density at radius 2 is 1.79 bits per heavy atom. The van der Waals surface area contributed by atoms with Crippen LogP contribution < -0.4 is 0 Å². The van der Waals surface area contributed by atoms with Gasteiger partial charge in [-0.15, -0.1) is 0 Å². The maximum Gasteiger partial charge on any atom is 0.193 e. The Morgan fingerprint density at radius 1 is 1.16 bits per heavy atom. The van der Waals surface area contributed by atoms with E-state index in [1.165, 1.54) is 44.1 Å². The molecule has 1 aliphatic carbocycles. The van der Waals surface area contributed by atoms with Gasteiger partial charge in [-0.2, -0.15) is 0 Å². The van der Waals surface area contributed by atoms with Crippen molar-refractivity contribution in [2.24, 2.45) is 5.92 Å². The SMILES string of the molecule is CCCC1CCC(c2ccc(C(=O)CF)cc2)CC1. The summed E-state index contributed by atoms with van der Waals surface area (Å²) >= 11 is 0. The number of hydrogen-bond acceptors (Lipinski definition) is 1. The molecule has 1 nitrogen and oxygen atoms in total. The van der Waals surface area contributed by atoms with Crippen LogP contribution in [-0.2, 0) is 0 Å². The van der Waals surface area contributed by atoms with E-state index in [0.717, 1.165) is 5.92 Å². The molecule has 0 amide bonds. The number of alkyl halides is 1. The molecule has 2 rings (SSSR count). The summed E-state index contributed by atoms with van der Waals surface area (Å²) in [4.78, 5) is 11.2. The van der Waals surface area contributed by atoms with Gasteiger partial charge in [-0.3, -0.25) is 4.79 Å². The number of ketones is 1. The van der Waals surface area contributed by atoms with Gasteiger partial charge in [-0.1, -0.05) is 44.0 Å². The van der Waals surface area contributed by atoms with Crippen LogP contribution in [0, 0.1) is 5.92 Å². The van der Waals surface area contributed by atoms with Gasteiger partial charge >= 0.3 is 0 Å². The predicted octanol–water partition coefficient (Wildman–Crippen LogP) is 4.91. The Bertz CT molecular complexity index is 402. The molecule has 0 aromatic heterocycles. The number of carbonyl (C=O) groups excluding carboxylic acids is 1. The van der Waals surface area contributed by atoms with Crippen LogP contribution in [0.15, 0.2) is 24.3 Å². The van der Waals surface area contributed by atoms with E-state index in [0.29, 0.717) is 11.5 Å². The molecule has 0 N–H and O–H groups in total. The monoisotopic (exact) mass is 262 g/mol. The van der Waals surface area contributed by atoms with Crippen LogP contribution in [-0.4, -0.2) is 12.5 Å². The van der Waals surface area contributed by atoms with Gasteiger partial charge in [0.15, 0.2) is 12.5 Å². The highest BCUT2D eigenvalue weighted by Gasteiger charge is 2.21. The molecule has 1 fully saturated rings. The summed E-state index contributed by atoms with van der Waals surface area (Å²) in [6.07, 6.45) is 7.79. The van der Waals surface area contributed by atoms with Gasteiger partial charge < -0.3 is 0 Å². The molecule has 0 heterocycles. The van der Waals surface area contributed by atoms with Crippen molar-refractivity contribution in [1.82, 2.24) is 0 Å². The number of hydrogen-bond donors (Lipinski definition) is 0. The van der Waals surface area contributed by atoms with E-state index >= 15 is 0 Å². The summed E-state index contributed by atoms with van der Waals surface area (Å²) in [5, 5.41) is 0. The molecule has 2 heteroatoms. The van der Waals surface area contributed by atoms with Gasteiger partial charge in [-0.25, -0.2) is 4.39 Å². The fraction of sp³-hybridized carbons (Fsp3) is 0.588. The molecule has 1 saturated carbocycles. The normalized spacial score (nSPS) is 23.3. The highest BCUT2D eigenvalue weighted by atomic mass is 19.1. The molecule has 1 aromatic rings. The van der Waals surface area contributed by atoms with E-state index in [9.17, 15) is 9.18 Å². The topological polar surface area (TPSA) is 17.1 Å². The Labute approximate surface area is 115 Å². The molecule has 0 saturated heterocycles. The number of carbonyl (C=O) groups is 1. The second-order valence-corrected chi connectivity index (χ2v) is 5.69. The summed E-state index contributed by atoms with van der Waals surface area (Å²) < 4.78 is 12.3. The average Bonchev–Trinajstić information content (AvgIpc) is 2.48. The molecule has 104 valence electrons. The molecule has 0 radical (unpaired) electrons. The van der Waals surface area contributed by atoms with Crippen molar-refractivity contribution in [3.05, 3.63) is 35.4 Å². The summed E-state index contributed by atoms with van der Waals surface area (Å²) in [5.74, 6) is 1.12. The number of rotatable bonds is 5. The number of halogens is 1. The third-order valence-corrected chi connectivity index (χ3v) is 4.37. The minimum Gasteiger partial charge on any atom is -0.291 e. The lowest BCUT2D eigenvalue weighted by atomic mass is 9.77. The third-order valence-electron chi connectivity index (χ3n) is 4.37. The zero-order valence-corrected chi connectivity index (χ0v) is 11.7. The Balaban J connectivity index is 1.94. The summed E-state index contributed by atoms with van der Waals surface area (Å²) in [5.41, 5.74) is 1.80. The average molecular weight is 262 g/mol. The smallest absolute Gasteiger partial charge is 0.193 e. The zero-order chi connectivity index (χ0) is 13.7. The van der Waals surface area contributed by atoms with Gasteiger partial charge in [0.05, 0.1) is 0 Å². The summed E-state index contributed by atoms with van der Waals surface area (Å²) in [7, 11) is 0. The Hall–Kier alpha value is -1.18. The van der Waals surface area contributed by atoms with Crippen molar-refractivity contribution in [3.63, 3.8) is 0 Å². The van der Waals surface area contributed by atoms with Crippen LogP contribution in [0.4, 0.5) is 4.39 Å². The highest BCUT2D eigenvalue weighted by molar-refractivity contribution is 5.96. The molecule has 1 aromatic carbocycles. The standard InChI is InChI=1S/C17H23FO/c1-2-3-13-4-6-14(7-5-13)15-8-10-16(11-9-15)17(19)12-18/h8-11,13-14H,2-7,12H2,1H3. The van der Waals surface area contributed by atoms with Crippen LogP contribution in [0.5, 0.6) is 0 Å². The number of benzene rings is 1. The van der Waals surface area contributed by atoms with Crippen molar-refractivity contribution in [2.45, 2.75) is 51.4 Å². The first-order valence-electron chi connectivity index (χ1n) is 7.43. The van der Waals surface area contributed by atoms with Gasteiger partial charge in [0.2, 0.25) is 0 Å². The van der Waals surface area contributed by atoms with Crippen LogP contribution in [0.2, 0.25) is 0 Å². The third kappa shape index (κ3) is 3.65. The molecule has 0 aliphatic heterocycles. The van der Waals surface area contributed by atoms with Crippen molar-refractivity contribution in [1.29, 1.82) is 0 Å². The first-order valence-corrected chi connectivity index (χ1v) is 7.43. The largest absolute Gasteiger partial charge is 0.291 e. The van der Waals surface area contributed by atoms with Gasteiger partial charge in [0.1, 0.15) is 0 Å². The number of Topliss-reactive ketones (excluding diaryl/α,β-unsaturated/α-hetero) is 1. The van der Waals surface area contributed by atoms with Crippen LogP contribution >= 0.6 is 0 Å². The molecular formula is C17H23FO. The minimum atomic E-state index is -0.901. The molecule has 0 bridgehead atoms. The maximum absolute atomic E-state index is 12.3. The molecule has 1 aliphatic rings. The Kier molecular flexibility index (Phi) is 5.12. The Morgan fingerprint density at radius 3 is 2.32 bits per heavy atom. The van der Waals surface area contributed by atoms with Gasteiger partial charge in [0, 0.05) is 5.56 Å². The van der Waals surface area contributed by atoms with Crippen molar-refractivity contribution >= 4 is 5.78 Å². The van der Waals surface area contributed by atoms with E-state index in [4.69, 9.17) is 0 Å². The molecule has 0 spiro atoms. The molecule has 0 atom stereocenters. The van der Waals surface area contributed by atoms with Gasteiger partial charge in [0.25, 0.3) is 0 Å². The first-order chi connectivity index (χ1) is 9.24. The molecular weight excluding hydrogens is 239 g/mol. The van der Waals surface area contributed by atoms with Crippen molar-refractivity contribution < 1.29 is 9.18 Å². The fourth-order valence-corrected chi connectivity index (χ4v) is 3.21. The first kappa shape index (κ1) is 14.2. The van der Waals surface area contributed by atoms with Crippen molar-refractivity contribution in [2.75, 3.05) is 6.67 Å². The van der Waals surface area contributed by atoms with Crippen molar-refractivity contribution in [3.8, 4) is 0 Å². The van der Waals surface area contributed by atoms with Crippen LogP contribution in [0.3, 0.4) is 0 Å². The second kappa shape index (κ2) is 6.83. The summed E-state index contributed by atoms with van der Waals surface area (Å²) in [6, 6.07) is 7.56. The fourth-order valence-electron chi connectivity index (χ4n) is 3.21. The predicted molar refractivity (Wildman–Crippen MR) is 76.4 cm³/mol. The lowest BCUT2D eigenvalue weighted by Gasteiger charge is -2.28. The van der Waals surface area contributed by atoms with Gasteiger partial charge in [-0.05, 0) is 43.1 Å². The van der Waals surface area contributed by atoms with E-state index in [1.54, 1.807) is 12.1 Å². The summed E-state index contributed by atoms with van der Waals surface area (Å²) in [6.45, 7) is 1.36. The van der Waals surface area contributed by atoms with Crippen LogP contribution in [0.25, 0.3) is 0 Å². The minimum absolute atomic E-state index is 0.418. The van der Waals surface area contributed by atoms with E-state index in [2.05, 4.69) is 6.92 Å². The van der Waals surface area contributed by atoms with E-state index in [-0.39, 0.29) is 0 Å².